The summed E-state index contributed by atoms with van der Waals surface area (Å²) in [7, 11) is 3.84. The summed E-state index contributed by atoms with van der Waals surface area (Å²) in [5.74, 6) is -0.987. The second kappa shape index (κ2) is 8.74. The molecule has 6 nitrogen and oxygen atoms in total. The van der Waals surface area contributed by atoms with Gasteiger partial charge in [0.05, 0.1) is 0 Å². The third kappa shape index (κ3) is 7.11. The summed E-state index contributed by atoms with van der Waals surface area (Å²) in [6.45, 7) is 4.45. The molecule has 0 saturated heterocycles. The van der Waals surface area contributed by atoms with Crippen molar-refractivity contribution in [3.05, 3.63) is 0 Å². The van der Waals surface area contributed by atoms with Crippen molar-refractivity contribution in [1.29, 1.82) is 0 Å². The number of aliphatic carboxylic acids is 1. The standard InChI is InChI=1S/C12H25N3O3/c1-5-6-7-10(11(16)17)14-12(18)13-8-9(2)15(3)4/h9-10H,5-8H2,1-4H3,(H,16,17)(H2,13,14,18)/t9?,10-/m0/s1. The summed E-state index contributed by atoms with van der Waals surface area (Å²) < 4.78 is 0. The van der Waals surface area contributed by atoms with Gasteiger partial charge in [-0.15, -0.1) is 0 Å². The smallest absolute Gasteiger partial charge is 0.326 e. The highest BCUT2D eigenvalue weighted by molar-refractivity contribution is 5.82. The first-order valence-corrected chi connectivity index (χ1v) is 6.32. The first-order chi connectivity index (χ1) is 8.38. The van der Waals surface area contributed by atoms with Crippen LogP contribution in [-0.2, 0) is 4.79 Å². The maximum atomic E-state index is 11.5. The monoisotopic (exact) mass is 259 g/mol. The highest BCUT2D eigenvalue weighted by Crippen LogP contribution is 2.00. The number of likely N-dealkylation sites (N-methyl/N-ethyl adjacent to an activating group) is 1. The minimum absolute atomic E-state index is 0.203. The zero-order valence-corrected chi connectivity index (χ0v) is 11.7. The number of carboxylic acid groups (broad SMARTS) is 1. The maximum Gasteiger partial charge on any atom is 0.326 e. The fraction of sp³-hybridized carbons (Fsp3) is 0.833. The second-order valence-electron chi connectivity index (χ2n) is 4.70. The molecule has 0 aromatic heterocycles. The Hall–Kier alpha value is -1.30. The SMILES string of the molecule is CCCC[C@H](NC(=O)NCC(C)N(C)C)C(=O)O. The summed E-state index contributed by atoms with van der Waals surface area (Å²) in [6, 6.07) is -1.03. The minimum Gasteiger partial charge on any atom is -0.480 e. The van der Waals surface area contributed by atoms with Crippen molar-refractivity contribution >= 4 is 12.0 Å². The highest BCUT2D eigenvalue weighted by Gasteiger charge is 2.19. The first kappa shape index (κ1) is 16.7. The number of carbonyl (C=O) groups excluding carboxylic acids is 1. The molecule has 3 N–H and O–H groups in total. The van der Waals surface area contributed by atoms with Crippen LogP contribution < -0.4 is 10.6 Å². The number of hydrogen-bond acceptors (Lipinski definition) is 3. The molecule has 0 rings (SSSR count). The molecule has 0 aromatic carbocycles. The van der Waals surface area contributed by atoms with Crippen molar-refractivity contribution in [3.63, 3.8) is 0 Å². The minimum atomic E-state index is -0.987. The molecular formula is C12H25N3O3. The van der Waals surface area contributed by atoms with Crippen LogP contribution in [0, 0.1) is 0 Å². The zero-order valence-electron chi connectivity index (χ0n) is 11.7. The topological polar surface area (TPSA) is 81.7 Å². The molecule has 0 bridgehead atoms. The molecule has 6 heteroatoms. The van der Waals surface area contributed by atoms with Gasteiger partial charge in [0.1, 0.15) is 6.04 Å². The van der Waals surface area contributed by atoms with E-state index in [2.05, 4.69) is 10.6 Å². The number of nitrogens with zero attached hydrogens (tertiary/aromatic N) is 1. The Morgan fingerprint density at radius 1 is 1.33 bits per heavy atom. The van der Waals surface area contributed by atoms with E-state index >= 15 is 0 Å². The molecule has 0 heterocycles. The van der Waals surface area contributed by atoms with Crippen LogP contribution in [0.4, 0.5) is 4.79 Å². The predicted molar refractivity (Wildman–Crippen MR) is 70.6 cm³/mol. The van der Waals surface area contributed by atoms with E-state index in [-0.39, 0.29) is 6.04 Å². The van der Waals surface area contributed by atoms with Gasteiger partial charge in [0, 0.05) is 12.6 Å². The van der Waals surface area contributed by atoms with Gasteiger partial charge in [-0.1, -0.05) is 19.8 Å². The van der Waals surface area contributed by atoms with E-state index in [0.29, 0.717) is 13.0 Å². The molecule has 0 spiro atoms. The van der Waals surface area contributed by atoms with E-state index < -0.39 is 18.0 Å². The van der Waals surface area contributed by atoms with Gasteiger partial charge >= 0.3 is 12.0 Å². The van der Waals surface area contributed by atoms with Crippen molar-refractivity contribution in [2.45, 2.75) is 45.2 Å². The molecule has 0 fully saturated rings. The molecule has 0 aromatic rings. The Labute approximate surface area is 109 Å². The number of carboxylic acids is 1. The van der Waals surface area contributed by atoms with E-state index in [1.165, 1.54) is 0 Å². The first-order valence-electron chi connectivity index (χ1n) is 6.32. The third-order valence-electron chi connectivity index (χ3n) is 2.89. The quantitative estimate of drug-likeness (QED) is 0.604. The van der Waals surface area contributed by atoms with Crippen molar-refractivity contribution < 1.29 is 14.7 Å². The Morgan fingerprint density at radius 2 is 1.94 bits per heavy atom. The number of amides is 2. The lowest BCUT2D eigenvalue weighted by atomic mass is 10.1. The van der Waals surface area contributed by atoms with Gasteiger partial charge in [-0.2, -0.15) is 0 Å². The molecule has 18 heavy (non-hydrogen) atoms. The molecule has 0 aliphatic carbocycles. The summed E-state index contributed by atoms with van der Waals surface area (Å²) in [5.41, 5.74) is 0. The number of nitrogens with one attached hydrogen (secondary N) is 2. The van der Waals surface area contributed by atoms with Crippen LogP contribution in [-0.4, -0.2) is 54.7 Å². The lowest BCUT2D eigenvalue weighted by Crippen LogP contribution is -2.48. The second-order valence-corrected chi connectivity index (χ2v) is 4.70. The van der Waals surface area contributed by atoms with Gasteiger partial charge in [0.15, 0.2) is 0 Å². The zero-order chi connectivity index (χ0) is 14.1. The van der Waals surface area contributed by atoms with E-state index in [0.717, 1.165) is 12.8 Å². The molecule has 1 unspecified atom stereocenters. The van der Waals surface area contributed by atoms with Crippen LogP contribution in [0.5, 0.6) is 0 Å². The summed E-state index contributed by atoms with van der Waals surface area (Å²) in [5, 5.41) is 14.1. The van der Waals surface area contributed by atoms with Gasteiger partial charge in [-0.05, 0) is 27.4 Å². The summed E-state index contributed by atoms with van der Waals surface area (Å²) in [4.78, 5) is 24.5. The number of carbonyl (C=O) groups is 2. The third-order valence-corrected chi connectivity index (χ3v) is 2.89. The van der Waals surface area contributed by atoms with Gasteiger partial charge in [-0.3, -0.25) is 0 Å². The molecule has 2 amide bonds. The van der Waals surface area contributed by atoms with Crippen molar-refractivity contribution in [3.8, 4) is 0 Å². The summed E-state index contributed by atoms with van der Waals surface area (Å²) in [6.07, 6.45) is 2.15. The lowest BCUT2D eigenvalue weighted by Gasteiger charge is -2.21. The van der Waals surface area contributed by atoms with Gasteiger partial charge in [0.25, 0.3) is 0 Å². The molecule has 0 aliphatic heterocycles. The lowest BCUT2D eigenvalue weighted by molar-refractivity contribution is -0.139. The van der Waals surface area contributed by atoms with Gasteiger partial charge in [-0.25, -0.2) is 9.59 Å². The number of hydrogen-bond donors (Lipinski definition) is 3. The molecule has 106 valence electrons. The normalized spacial score (nSPS) is 14.1. The molecular weight excluding hydrogens is 234 g/mol. The van der Waals surface area contributed by atoms with E-state index in [4.69, 9.17) is 5.11 Å². The molecule has 0 radical (unpaired) electrons. The largest absolute Gasteiger partial charge is 0.480 e. The number of rotatable bonds is 8. The van der Waals surface area contributed by atoms with Crippen molar-refractivity contribution in [2.24, 2.45) is 0 Å². The Bertz CT molecular complexity index is 269. The number of unbranched alkanes of at least 4 members (excludes halogenated alkanes) is 1. The molecule has 0 aliphatic rings. The van der Waals surface area contributed by atoms with Crippen LogP contribution in [0.15, 0.2) is 0 Å². The van der Waals surface area contributed by atoms with Crippen molar-refractivity contribution in [1.82, 2.24) is 15.5 Å². The molecule has 2 atom stereocenters. The fourth-order valence-corrected chi connectivity index (χ4v) is 1.30. The van der Waals surface area contributed by atoms with Gasteiger partial charge < -0.3 is 20.6 Å². The average molecular weight is 259 g/mol. The van der Waals surface area contributed by atoms with E-state index in [1.54, 1.807) is 0 Å². The molecule has 0 saturated carbocycles. The van der Waals surface area contributed by atoms with Crippen molar-refractivity contribution in [2.75, 3.05) is 20.6 Å². The van der Waals surface area contributed by atoms with E-state index in [9.17, 15) is 9.59 Å². The van der Waals surface area contributed by atoms with Crippen LogP contribution >= 0.6 is 0 Å². The summed E-state index contributed by atoms with van der Waals surface area (Å²) >= 11 is 0. The van der Waals surface area contributed by atoms with E-state index in [1.807, 2.05) is 32.8 Å². The Kier molecular flexibility index (Phi) is 8.11. The van der Waals surface area contributed by atoms with Crippen LogP contribution in [0.2, 0.25) is 0 Å². The van der Waals surface area contributed by atoms with Crippen LogP contribution in [0.1, 0.15) is 33.1 Å². The maximum absolute atomic E-state index is 11.5. The van der Waals surface area contributed by atoms with Gasteiger partial charge in [0.2, 0.25) is 0 Å². The fourth-order valence-electron chi connectivity index (χ4n) is 1.30. The van der Waals surface area contributed by atoms with Crippen LogP contribution in [0.3, 0.4) is 0 Å². The highest BCUT2D eigenvalue weighted by atomic mass is 16.4. The Morgan fingerprint density at radius 3 is 2.39 bits per heavy atom. The Balaban J connectivity index is 4.06. The average Bonchev–Trinajstić information content (AvgIpc) is 2.30. The van der Waals surface area contributed by atoms with Crippen LogP contribution in [0.25, 0.3) is 0 Å². The predicted octanol–water partition coefficient (Wildman–Crippen LogP) is 0.879. The number of urea groups is 1.